The minimum absolute atomic E-state index is 0.118. The molecule has 0 saturated carbocycles. The normalized spacial score (nSPS) is 12.2. The summed E-state index contributed by atoms with van der Waals surface area (Å²) in [6, 6.07) is 9.46. The summed E-state index contributed by atoms with van der Waals surface area (Å²) in [5.41, 5.74) is 1.09. The lowest BCUT2D eigenvalue weighted by atomic mass is 10.1. The van der Waals surface area contributed by atoms with Crippen LogP contribution in [-0.2, 0) is 4.79 Å². The SMILES string of the molecule is Cc1cc(NC(=O)C[NH2+][C@@H](C)c2cccc(Cl)c2)no1. The van der Waals surface area contributed by atoms with Gasteiger partial charge in [0, 0.05) is 16.7 Å². The zero-order valence-electron chi connectivity index (χ0n) is 11.4. The summed E-state index contributed by atoms with van der Waals surface area (Å²) < 4.78 is 4.88. The predicted molar refractivity (Wildman–Crippen MR) is 76.5 cm³/mol. The van der Waals surface area contributed by atoms with Crippen molar-refractivity contribution in [2.45, 2.75) is 19.9 Å². The third-order valence-electron chi connectivity index (χ3n) is 2.93. The van der Waals surface area contributed by atoms with E-state index >= 15 is 0 Å². The molecular weight excluding hydrogens is 278 g/mol. The van der Waals surface area contributed by atoms with Crippen molar-refractivity contribution < 1.29 is 14.6 Å². The molecule has 106 valence electrons. The first-order valence-electron chi connectivity index (χ1n) is 6.36. The van der Waals surface area contributed by atoms with Crippen molar-refractivity contribution in [1.82, 2.24) is 5.16 Å². The van der Waals surface area contributed by atoms with Crippen LogP contribution in [0.25, 0.3) is 0 Å². The first kappa shape index (κ1) is 14.6. The van der Waals surface area contributed by atoms with Gasteiger partial charge in [-0.25, -0.2) is 0 Å². The van der Waals surface area contributed by atoms with E-state index in [1.807, 2.05) is 36.5 Å². The number of nitrogens with zero attached hydrogens (tertiary/aromatic N) is 1. The molecule has 5 nitrogen and oxygen atoms in total. The Hall–Kier alpha value is -1.85. The molecule has 1 aromatic heterocycles. The topological polar surface area (TPSA) is 71.7 Å². The fraction of sp³-hybridized carbons (Fsp3) is 0.286. The van der Waals surface area contributed by atoms with Crippen molar-refractivity contribution in [3.8, 4) is 0 Å². The van der Waals surface area contributed by atoms with Gasteiger partial charge in [-0.2, -0.15) is 0 Å². The summed E-state index contributed by atoms with van der Waals surface area (Å²) in [4.78, 5) is 11.8. The number of amides is 1. The standard InChI is InChI=1S/C14H16ClN3O2/c1-9-6-13(18-20-9)17-14(19)8-16-10(2)11-4-3-5-12(15)7-11/h3-7,10,16H,8H2,1-2H3,(H,17,18,19)/p+1/t10-/m0/s1. The molecule has 0 aliphatic rings. The van der Waals surface area contributed by atoms with E-state index in [4.69, 9.17) is 16.1 Å². The average Bonchev–Trinajstić information content (AvgIpc) is 2.81. The maximum absolute atomic E-state index is 11.8. The van der Waals surface area contributed by atoms with Gasteiger partial charge in [0.25, 0.3) is 5.91 Å². The highest BCUT2D eigenvalue weighted by molar-refractivity contribution is 6.30. The zero-order valence-corrected chi connectivity index (χ0v) is 12.1. The number of benzene rings is 1. The Bertz CT molecular complexity index is 598. The molecule has 0 fully saturated rings. The number of nitrogens with two attached hydrogens (primary N) is 1. The van der Waals surface area contributed by atoms with Gasteiger partial charge in [0.2, 0.25) is 0 Å². The van der Waals surface area contributed by atoms with Crippen LogP contribution >= 0.6 is 11.6 Å². The van der Waals surface area contributed by atoms with Crippen LogP contribution in [0.5, 0.6) is 0 Å². The van der Waals surface area contributed by atoms with E-state index in [9.17, 15) is 4.79 Å². The monoisotopic (exact) mass is 294 g/mol. The molecule has 0 aliphatic heterocycles. The molecule has 2 aromatic rings. The molecule has 1 atom stereocenters. The van der Waals surface area contributed by atoms with E-state index in [-0.39, 0.29) is 11.9 Å². The van der Waals surface area contributed by atoms with Gasteiger partial charge in [-0.1, -0.05) is 28.9 Å². The molecule has 6 heteroatoms. The molecule has 2 rings (SSSR count). The number of aromatic nitrogens is 1. The molecule has 3 N–H and O–H groups in total. The van der Waals surface area contributed by atoms with Gasteiger partial charge in [0.05, 0.1) is 0 Å². The van der Waals surface area contributed by atoms with Gasteiger partial charge >= 0.3 is 0 Å². The zero-order chi connectivity index (χ0) is 14.5. The van der Waals surface area contributed by atoms with Gasteiger partial charge in [0.1, 0.15) is 11.8 Å². The van der Waals surface area contributed by atoms with Crippen LogP contribution in [0.4, 0.5) is 5.82 Å². The fourth-order valence-corrected chi connectivity index (χ4v) is 2.03. The Balaban J connectivity index is 1.84. The van der Waals surface area contributed by atoms with Gasteiger partial charge in [-0.05, 0) is 26.0 Å². The summed E-state index contributed by atoms with van der Waals surface area (Å²) in [7, 11) is 0. The molecule has 0 spiro atoms. The Morgan fingerprint density at radius 3 is 2.95 bits per heavy atom. The number of quaternary nitrogens is 1. The highest BCUT2D eigenvalue weighted by atomic mass is 35.5. The lowest BCUT2D eigenvalue weighted by Crippen LogP contribution is -2.86. The molecule has 0 unspecified atom stereocenters. The molecule has 1 heterocycles. The van der Waals surface area contributed by atoms with Crippen LogP contribution < -0.4 is 10.6 Å². The molecule has 20 heavy (non-hydrogen) atoms. The smallest absolute Gasteiger partial charge is 0.280 e. The van der Waals surface area contributed by atoms with E-state index in [1.165, 1.54) is 0 Å². The van der Waals surface area contributed by atoms with Crippen molar-refractivity contribution in [3.63, 3.8) is 0 Å². The van der Waals surface area contributed by atoms with Crippen LogP contribution in [0.15, 0.2) is 34.9 Å². The van der Waals surface area contributed by atoms with Crippen LogP contribution in [-0.4, -0.2) is 17.6 Å². The van der Waals surface area contributed by atoms with Gasteiger partial charge in [0.15, 0.2) is 12.4 Å². The number of halogens is 1. The molecule has 0 saturated heterocycles. The molecule has 0 bridgehead atoms. The number of nitrogens with one attached hydrogen (secondary N) is 1. The fourth-order valence-electron chi connectivity index (χ4n) is 1.83. The lowest BCUT2D eigenvalue weighted by Gasteiger charge is -2.10. The lowest BCUT2D eigenvalue weighted by molar-refractivity contribution is -0.682. The summed E-state index contributed by atoms with van der Waals surface area (Å²) in [5, 5.41) is 9.03. The van der Waals surface area contributed by atoms with E-state index in [2.05, 4.69) is 10.5 Å². The highest BCUT2D eigenvalue weighted by Gasteiger charge is 2.13. The van der Waals surface area contributed by atoms with Crippen molar-refractivity contribution in [2.24, 2.45) is 0 Å². The Labute approximate surface area is 122 Å². The van der Waals surface area contributed by atoms with Crippen LogP contribution in [0.2, 0.25) is 5.02 Å². The minimum atomic E-state index is -0.118. The van der Waals surface area contributed by atoms with Crippen molar-refractivity contribution >= 4 is 23.3 Å². The number of aryl methyl sites for hydroxylation is 1. The molecule has 0 radical (unpaired) electrons. The average molecular weight is 295 g/mol. The number of hydrogen-bond acceptors (Lipinski definition) is 3. The Morgan fingerprint density at radius 2 is 2.30 bits per heavy atom. The molecule has 1 aromatic carbocycles. The largest absolute Gasteiger partial charge is 0.360 e. The number of anilines is 1. The second kappa shape index (κ2) is 6.54. The van der Waals surface area contributed by atoms with Crippen molar-refractivity contribution in [1.29, 1.82) is 0 Å². The number of hydrogen-bond donors (Lipinski definition) is 2. The quantitative estimate of drug-likeness (QED) is 0.885. The summed E-state index contributed by atoms with van der Waals surface area (Å²) in [6.45, 7) is 4.11. The van der Waals surface area contributed by atoms with Crippen LogP contribution in [0, 0.1) is 6.92 Å². The van der Waals surface area contributed by atoms with Crippen molar-refractivity contribution in [3.05, 3.63) is 46.7 Å². The van der Waals surface area contributed by atoms with Gasteiger partial charge in [-0.15, -0.1) is 0 Å². The maximum atomic E-state index is 11.8. The van der Waals surface area contributed by atoms with Gasteiger partial charge in [-0.3, -0.25) is 4.79 Å². The van der Waals surface area contributed by atoms with E-state index in [0.29, 0.717) is 23.1 Å². The number of rotatable bonds is 5. The van der Waals surface area contributed by atoms with Crippen LogP contribution in [0.3, 0.4) is 0 Å². The second-order valence-electron chi connectivity index (χ2n) is 4.65. The minimum Gasteiger partial charge on any atom is -0.360 e. The summed E-state index contributed by atoms with van der Waals surface area (Å²) in [5.74, 6) is 0.986. The molecule has 0 aliphatic carbocycles. The van der Waals surface area contributed by atoms with E-state index in [1.54, 1.807) is 13.0 Å². The van der Waals surface area contributed by atoms with Crippen molar-refractivity contribution in [2.75, 3.05) is 11.9 Å². The van der Waals surface area contributed by atoms with Gasteiger partial charge < -0.3 is 15.2 Å². The van der Waals surface area contributed by atoms with Crippen LogP contribution in [0.1, 0.15) is 24.3 Å². The third-order valence-corrected chi connectivity index (χ3v) is 3.16. The molecule has 1 amide bonds. The second-order valence-corrected chi connectivity index (χ2v) is 5.09. The highest BCUT2D eigenvalue weighted by Crippen LogP contribution is 2.14. The summed E-state index contributed by atoms with van der Waals surface area (Å²) >= 11 is 5.95. The first-order chi connectivity index (χ1) is 9.54. The van der Waals surface area contributed by atoms with E-state index < -0.39 is 0 Å². The van der Waals surface area contributed by atoms with E-state index in [0.717, 1.165) is 5.56 Å². The Morgan fingerprint density at radius 1 is 1.50 bits per heavy atom. The summed E-state index contributed by atoms with van der Waals surface area (Å²) in [6.07, 6.45) is 0. The molecular formula is C14H17ClN3O2+. The predicted octanol–water partition coefficient (Wildman–Crippen LogP) is 1.90. The number of carbonyl (C=O) groups excluding carboxylic acids is 1. The Kier molecular flexibility index (Phi) is 4.76. The first-order valence-corrected chi connectivity index (χ1v) is 6.74. The maximum Gasteiger partial charge on any atom is 0.280 e. The third kappa shape index (κ3) is 4.08. The number of carbonyl (C=O) groups is 1.